The third-order valence-electron chi connectivity index (χ3n) is 3.74. The summed E-state index contributed by atoms with van der Waals surface area (Å²) in [6.07, 6.45) is 12.3. The van der Waals surface area contributed by atoms with Crippen molar-refractivity contribution in [3.05, 3.63) is 11.6 Å². The van der Waals surface area contributed by atoms with Gasteiger partial charge in [0.25, 0.3) is 0 Å². The van der Waals surface area contributed by atoms with E-state index in [0.29, 0.717) is 6.04 Å². The van der Waals surface area contributed by atoms with E-state index in [9.17, 15) is 0 Å². The van der Waals surface area contributed by atoms with Gasteiger partial charge in [-0.2, -0.15) is 11.8 Å². The molecule has 1 fully saturated rings. The Hall–Kier alpha value is 0.0500. The number of hydrogen-bond acceptors (Lipinski definition) is 2. The first-order valence-electron chi connectivity index (χ1n) is 6.95. The van der Waals surface area contributed by atoms with Crippen LogP contribution in [0.1, 0.15) is 51.9 Å². The summed E-state index contributed by atoms with van der Waals surface area (Å²) in [6, 6.07) is 0.676. The zero-order chi connectivity index (χ0) is 11.2. The molecule has 2 aliphatic rings. The van der Waals surface area contributed by atoms with E-state index in [1.807, 2.05) is 0 Å². The highest BCUT2D eigenvalue weighted by Crippen LogP contribution is 2.33. The Morgan fingerprint density at radius 1 is 1.38 bits per heavy atom. The van der Waals surface area contributed by atoms with Crippen molar-refractivity contribution < 1.29 is 0 Å². The topological polar surface area (TPSA) is 12.0 Å². The van der Waals surface area contributed by atoms with Crippen LogP contribution in [0.25, 0.3) is 0 Å². The molecule has 92 valence electrons. The number of nitrogens with one attached hydrogen (secondary N) is 1. The van der Waals surface area contributed by atoms with Gasteiger partial charge in [-0.3, -0.25) is 0 Å². The maximum absolute atomic E-state index is 3.73. The number of thioether (sulfide) groups is 1. The van der Waals surface area contributed by atoms with Crippen LogP contribution in [-0.2, 0) is 0 Å². The predicted molar refractivity (Wildman–Crippen MR) is 74.1 cm³/mol. The largest absolute Gasteiger partial charge is 0.310 e. The highest BCUT2D eigenvalue weighted by atomic mass is 32.2. The summed E-state index contributed by atoms with van der Waals surface area (Å²) >= 11 is 2.20. The molecule has 0 aromatic heterocycles. The van der Waals surface area contributed by atoms with Crippen LogP contribution in [0.2, 0.25) is 0 Å². The number of hydrogen-bond donors (Lipinski definition) is 1. The van der Waals surface area contributed by atoms with Crippen molar-refractivity contribution in [2.45, 2.75) is 63.2 Å². The molecule has 2 atom stereocenters. The summed E-state index contributed by atoms with van der Waals surface area (Å²) < 4.78 is 0. The summed E-state index contributed by atoms with van der Waals surface area (Å²) in [5.74, 6) is 1.37. The lowest BCUT2D eigenvalue weighted by molar-refractivity contribution is 0.495. The SMILES string of the molecule is CCNC(C1=CCCCC1)C1CCCCS1. The molecule has 1 aliphatic carbocycles. The van der Waals surface area contributed by atoms with Gasteiger partial charge in [-0.25, -0.2) is 0 Å². The van der Waals surface area contributed by atoms with Crippen molar-refractivity contribution in [1.29, 1.82) is 0 Å². The second kappa shape index (κ2) is 6.70. The lowest BCUT2D eigenvalue weighted by Gasteiger charge is -2.33. The van der Waals surface area contributed by atoms with Gasteiger partial charge >= 0.3 is 0 Å². The Kier molecular flexibility index (Phi) is 5.24. The van der Waals surface area contributed by atoms with Crippen LogP contribution in [0.5, 0.6) is 0 Å². The molecular weight excluding hydrogens is 214 g/mol. The van der Waals surface area contributed by atoms with Crippen molar-refractivity contribution >= 4 is 11.8 Å². The smallest absolute Gasteiger partial charge is 0.0399 e. The maximum atomic E-state index is 3.73. The molecule has 1 nitrogen and oxygen atoms in total. The van der Waals surface area contributed by atoms with E-state index in [2.05, 4.69) is 30.1 Å². The van der Waals surface area contributed by atoms with Gasteiger partial charge < -0.3 is 5.32 Å². The first-order chi connectivity index (χ1) is 7.92. The molecular formula is C14H25NS. The van der Waals surface area contributed by atoms with E-state index < -0.39 is 0 Å². The molecule has 1 saturated heterocycles. The van der Waals surface area contributed by atoms with E-state index in [1.165, 1.54) is 50.7 Å². The van der Waals surface area contributed by atoms with E-state index in [-0.39, 0.29) is 0 Å². The number of rotatable bonds is 4. The van der Waals surface area contributed by atoms with Crippen LogP contribution < -0.4 is 5.32 Å². The van der Waals surface area contributed by atoms with Crippen molar-refractivity contribution in [1.82, 2.24) is 5.32 Å². The molecule has 0 bridgehead atoms. The van der Waals surface area contributed by atoms with Crippen LogP contribution >= 0.6 is 11.8 Å². The Morgan fingerprint density at radius 3 is 2.94 bits per heavy atom. The van der Waals surface area contributed by atoms with Gasteiger partial charge in [0.15, 0.2) is 0 Å². The Morgan fingerprint density at radius 2 is 2.31 bits per heavy atom. The van der Waals surface area contributed by atoms with Crippen LogP contribution in [0.4, 0.5) is 0 Å². The standard InChI is InChI=1S/C14H25NS/c1-2-15-14(12-8-4-3-5-9-12)13-10-6-7-11-16-13/h8,13-15H,2-7,9-11H2,1H3. The molecule has 0 spiro atoms. The minimum atomic E-state index is 0.676. The third-order valence-corrected chi connectivity index (χ3v) is 5.20. The van der Waals surface area contributed by atoms with Crippen molar-refractivity contribution in [3.8, 4) is 0 Å². The molecule has 2 unspecified atom stereocenters. The molecule has 0 amide bonds. The summed E-state index contributed by atoms with van der Waals surface area (Å²) in [5, 5.41) is 4.58. The van der Waals surface area contributed by atoms with Crippen LogP contribution in [0.3, 0.4) is 0 Å². The van der Waals surface area contributed by atoms with Gasteiger partial charge in [0.2, 0.25) is 0 Å². The van der Waals surface area contributed by atoms with Crippen LogP contribution in [-0.4, -0.2) is 23.6 Å². The predicted octanol–water partition coefficient (Wildman–Crippen LogP) is 3.75. The van der Waals surface area contributed by atoms with Crippen LogP contribution in [0.15, 0.2) is 11.6 Å². The lowest BCUT2D eigenvalue weighted by atomic mass is 9.90. The summed E-state index contributed by atoms with van der Waals surface area (Å²) in [6.45, 7) is 3.35. The van der Waals surface area contributed by atoms with Gasteiger partial charge in [0.1, 0.15) is 0 Å². The summed E-state index contributed by atoms with van der Waals surface area (Å²) in [5.41, 5.74) is 1.72. The van der Waals surface area contributed by atoms with Gasteiger partial charge in [-0.1, -0.05) is 25.0 Å². The minimum Gasteiger partial charge on any atom is -0.310 e. The molecule has 1 aliphatic heterocycles. The maximum Gasteiger partial charge on any atom is 0.0399 e. The average Bonchev–Trinajstić information content (AvgIpc) is 2.38. The zero-order valence-corrected chi connectivity index (χ0v) is 11.3. The van der Waals surface area contributed by atoms with E-state index in [1.54, 1.807) is 5.57 Å². The Labute approximate surface area is 104 Å². The third kappa shape index (κ3) is 3.27. The fourth-order valence-electron chi connectivity index (χ4n) is 2.90. The van der Waals surface area contributed by atoms with E-state index in [4.69, 9.17) is 0 Å². The number of likely N-dealkylation sites (N-methyl/N-ethyl adjacent to an activating group) is 1. The molecule has 0 saturated carbocycles. The van der Waals surface area contributed by atoms with Gasteiger partial charge in [-0.05, 0) is 50.8 Å². The van der Waals surface area contributed by atoms with E-state index >= 15 is 0 Å². The van der Waals surface area contributed by atoms with Crippen molar-refractivity contribution in [2.75, 3.05) is 12.3 Å². The molecule has 1 heterocycles. The molecule has 16 heavy (non-hydrogen) atoms. The lowest BCUT2D eigenvalue weighted by Crippen LogP contribution is -2.41. The average molecular weight is 239 g/mol. The molecule has 0 radical (unpaired) electrons. The Bertz CT molecular complexity index is 231. The molecule has 1 N–H and O–H groups in total. The van der Waals surface area contributed by atoms with Crippen molar-refractivity contribution in [3.63, 3.8) is 0 Å². The van der Waals surface area contributed by atoms with Crippen molar-refractivity contribution in [2.24, 2.45) is 0 Å². The molecule has 0 aromatic carbocycles. The second-order valence-corrected chi connectivity index (χ2v) is 6.31. The quantitative estimate of drug-likeness (QED) is 0.750. The second-order valence-electron chi connectivity index (χ2n) is 4.97. The normalized spacial score (nSPS) is 28.6. The van der Waals surface area contributed by atoms with E-state index in [0.717, 1.165) is 11.8 Å². The molecule has 2 heteroatoms. The van der Waals surface area contributed by atoms with Gasteiger partial charge in [0.05, 0.1) is 0 Å². The summed E-state index contributed by atoms with van der Waals surface area (Å²) in [7, 11) is 0. The Balaban J connectivity index is 1.99. The zero-order valence-electron chi connectivity index (χ0n) is 10.5. The monoisotopic (exact) mass is 239 g/mol. The first kappa shape index (κ1) is 12.5. The van der Waals surface area contributed by atoms with Gasteiger partial charge in [-0.15, -0.1) is 0 Å². The van der Waals surface area contributed by atoms with Crippen LogP contribution in [0, 0.1) is 0 Å². The fraction of sp³-hybridized carbons (Fsp3) is 0.857. The minimum absolute atomic E-state index is 0.676. The highest BCUT2D eigenvalue weighted by Gasteiger charge is 2.26. The fourth-order valence-corrected chi connectivity index (χ4v) is 4.37. The first-order valence-corrected chi connectivity index (χ1v) is 8.00. The molecule has 2 rings (SSSR count). The number of allylic oxidation sites excluding steroid dienone is 1. The molecule has 0 aromatic rings. The summed E-state index contributed by atoms with van der Waals surface area (Å²) in [4.78, 5) is 0. The highest BCUT2D eigenvalue weighted by molar-refractivity contribution is 8.00. The van der Waals surface area contributed by atoms with Gasteiger partial charge in [0, 0.05) is 11.3 Å².